The number of aliphatic hydroxyl groups is 2. The van der Waals surface area contributed by atoms with Gasteiger partial charge in [0.25, 0.3) is 0 Å². The summed E-state index contributed by atoms with van der Waals surface area (Å²) in [7, 11) is 3.91. The number of aliphatic hydroxyl groups excluding tert-OH is 2. The molecule has 2 N–H and O–H groups in total. The summed E-state index contributed by atoms with van der Waals surface area (Å²) in [6.45, 7) is 6.60. The Morgan fingerprint density at radius 2 is 2.06 bits per heavy atom. The molecule has 3 saturated carbocycles. The van der Waals surface area contributed by atoms with Crippen LogP contribution >= 0.6 is 0 Å². The van der Waals surface area contributed by atoms with E-state index in [-0.39, 0.29) is 16.7 Å². The first-order valence-corrected chi connectivity index (χ1v) is 12.3. The molecule has 6 heteroatoms. The van der Waals surface area contributed by atoms with Gasteiger partial charge in [-0.25, -0.2) is 0 Å². The monoisotopic (exact) mass is 433 g/mol. The van der Waals surface area contributed by atoms with Crippen molar-refractivity contribution in [3.8, 4) is 0 Å². The van der Waals surface area contributed by atoms with Crippen molar-refractivity contribution < 1.29 is 24.4 Å². The average molecular weight is 434 g/mol. The number of likely N-dealkylation sites (N-methyl/N-ethyl adjacent to an activating group) is 1. The highest BCUT2D eigenvalue weighted by atomic mass is 16.7. The molecular weight excluding hydrogens is 394 g/mol. The van der Waals surface area contributed by atoms with Crippen LogP contribution in [0.4, 0.5) is 0 Å². The molecule has 3 saturated heterocycles. The molecule has 3 heterocycles. The van der Waals surface area contributed by atoms with E-state index < -0.39 is 29.2 Å². The maximum Gasteiger partial charge on any atom is 0.169 e. The fourth-order valence-electron chi connectivity index (χ4n) is 9.57. The van der Waals surface area contributed by atoms with Crippen molar-refractivity contribution in [2.24, 2.45) is 22.7 Å². The lowest BCUT2D eigenvalue weighted by molar-refractivity contribution is -0.451. The zero-order valence-electron chi connectivity index (χ0n) is 19.5. The highest BCUT2D eigenvalue weighted by Crippen LogP contribution is 2.76. The molecule has 1 unspecified atom stereocenters. The second-order valence-electron chi connectivity index (χ2n) is 11.8. The number of methoxy groups -OCH3 is 1. The molecule has 0 aromatic heterocycles. The Morgan fingerprint density at radius 1 is 1.26 bits per heavy atom. The fraction of sp³-hybridized carbons (Fsp3) is 0.920. The molecule has 1 spiro atoms. The van der Waals surface area contributed by atoms with E-state index in [1.54, 1.807) is 7.11 Å². The Labute approximate surface area is 185 Å². The number of fused-ring (bicyclic) bond motifs is 1. The van der Waals surface area contributed by atoms with E-state index in [1.165, 1.54) is 0 Å². The molecule has 4 aliphatic carbocycles. The van der Waals surface area contributed by atoms with Crippen LogP contribution in [0.3, 0.4) is 0 Å². The number of hydrogen-bond donors (Lipinski definition) is 2. The molecule has 0 aromatic carbocycles. The van der Waals surface area contributed by atoms with Crippen LogP contribution < -0.4 is 0 Å². The Kier molecular flexibility index (Phi) is 4.30. The zero-order valence-corrected chi connectivity index (χ0v) is 19.5. The van der Waals surface area contributed by atoms with E-state index in [4.69, 9.17) is 14.2 Å². The van der Waals surface area contributed by atoms with Gasteiger partial charge in [0.2, 0.25) is 0 Å². The Hall–Kier alpha value is -0.500. The lowest BCUT2D eigenvalue weighted by Crippen LogP contribution is -2.83. The van der Waals surface area contributed by atoms with E-state index in [2.05, 4.69) is 24.9 Å². The third-order valence-corrected chi connectivity index (χ3v) is 10.8. The molecule has 0 aromatic rings. The van der Waals surface area contributed by atoms with Crippen LogP contribution in [0.2, 0.25) is 0 Å². The molecule has 4 bridgehead atoms. The van der Waals surface area contributed by atoms with Crippen molar-refractivity contribution in [2.75, 3.05) is 33.9 Å². The van der Waals surface area contributed by atoms with Gasteiger partial charge in [-0.15, -0.1) is 0 Å². The average Bonchev–Trinajstić information content (AvgIpc) is 2.94. The highest BCUT2D eigenvalue weighted by molar-refractivity contribution is 5.40. The molecule has 174 valence electrons. The summed E-state index contributed by atoms with van der Waals surface area (Å²) in [5, 5.41) is 22.9. The lowest BCUT2D eigenvalue weighted by atomic mass is 9.38. The SMILES string of the molecule is CO[C@]12CC[C@@]3(C)[C@H](CC[C@@H]4[C@]3(O1)[C@H](O)C[C@@]13CN(C)CCO[C@@]41CC=C3C(C)O)C2. The van der Waals surface area contributed by atoms with E-state index in [9.17, 15) is 10.2 Å². The fourth-order valence-corrected chi connectivity index (χ4v) is 9.57. The van der Waals surface area contributed by atoms with Crippen molar-refractivity contribution in [1.82, 2.24) is 4.90 Å². The van der Waals surface area contributed by atoms with Gasteiger partial charge in [0.1, 0.15) is 5.60 Å². The van der Waals surface area contributed by atoms with Crippen molar-refractivity contribution >= 4 is 0 Å². The molecule has 9 atom stereocenters. The predicted molar refractivity (Wildman–Crippen MR) is 115 cm³/mol. The van der Waals surface area contributed by atoms with Gasteiger partial charge in [0.15, 0.2) is 5.79 Å². The summed E-state index contributed by atoms with van der Waals surface area (Å²) in [5.41, 5.74) is -0.498. The molecule has 0 amide bonds. The van der Waals surface area contributed by atoms with Gasteiger partial charge in [0, 0.05) is 49.8 Å². The van der Waals surface area contributed by atoms with Crippen LogP contribution in [-0.2, 0) is 14.2 Å². The number of hydrogen-bond acceptors (Lipinski definition) is 6. The summed E-state index contributed by atoms with van der Waals surface area (Å²) in [6.07, 6.45) is 7.45. The van der Waals surface area contributed by atoms with Crippen LogP contribution in [0.15, 0.2) is 11.6 Å². The first-order valence-electron chi connectivity index (χ1n) is 12.3. The largest absolute Gasteiger partial charge is 0.390 e. The van der Waals surface area contributed by atoms with Crippen LogP contribution in [0, 0.1) is 22.7 Å². The smallest absolute Gasteiger partial charge is 0.169 e. The molecule has 7 rings (SSSR count). The first kappa shape index (κ1) is 21.1. The van der Waals surface area contributed by atoms with Gasteiger partial charge in [-0.2, -0.15) is 0 Å². The van der Waals surface area contributed by atoms with Crippen molar-refractivity contribution in [3.05, 3.63) is 11.6 Å². The van der Waals surface area contributed by atoms with E-state index in [0.29, 0.717) is 18.9 Å². The second-order valence-corrected chi connectivity index (χ2v) is 11.8. The molecule has 6 nitrogen and oxygen atoms in total. The molecule has 0 radical (unpaired) electrons. The number of rotatable bonds is 2. The maximum absolute atomic E-state index is 12.1. The Bertz CT molecular complexity index is 816. The second kappa shape index (κ2) is 6.34. The van der Waals surface area contributed by atoms with Crippen molar-refractivity contribution in [2.45, 2.75) is 88.0 Å². The normalized spacial score (nSPS) is 56.8. The summed E-state index contributed by atoms with van der Waals surface area (Å²) < 4.78 is 20.1. The van der Waals surface area contributed by atoms with Crippen LogP contribution in [0.25, 0.3) is 0 Å². The standard InChI is InChI=1S/C25H39NO5/c1-16(27)18-7-8-24-19-6-5-17-13-23(29-4)10-9-21(17,2)25(19,31-23)20(28)14-22(18,24)15-26(3)11-12-30-24/h7,16-17,19-20,27-28H,5-6,8-15H2,1-4H3/t16?,17-,19+,20-,21+,22+,23-,24+,25+/m1/s1. The van der Waals surface area contributed by atoms with E-state index >= 15 is 0 Å². The highest BCUT2D eigenvalue weighted by Gasteiger charge is 2.81. The van der Waals surface area contributed by atoms with Gasteiger partial charge < -0.3 is 29.3 Å². The minimum atomic E-state index is -0.656. The van der Waals surface area contributed by atoms with Crippen LogP contribution in [0.5, 0.6) is 0 Å². The van der Waals surface area contributed by atoms with Crippen LogP contribution in [0.1, 0.15) is 58.8 Å². The number of ether oxygens (including phenoxy) is 3. The minimum Gasteiger partial charge on any atom is -0.390 e. The summed E-state index contributed by atoms with van der Waals surface area (Å²) in [6, 6.07) is 0. The van der Waals surface area contributed by atoms with E-state index in [1.807, 2.05) is 6.92 Å². The lowest BCUT2D eigenvalue weighted by Gasteiger charge is -2.76. The predicted octanol–water partition coefficient (Wildman–Crippen LogP) is 2.48. The molecule has 31 heavy (non-hydrogen) atoms. The maximum atomic E-state index is 12.1. The third-order valence-electron chi connectivity index (χ3n) is 10.8. The topological polar surface area (TPSA) is 71.4 Å². The summed E-state index contributed by atoms with van der Waals surface area (Å²) >= 11 is 0. The van der Waals surface area contributed by atoms with Gasteiger partial charge in [-0.05, 0) is 57.6 Å². The number of nitrogens with zero attached hydrogens (tertiary/aromatic N) is 1. The molecule has 3 aliphatic heterocycles. The summed E-state index contributed by atoms with van der Waals surface area (Å²) in [4.78, 5) is 2.33. The van der Waals surface area contributed by atoms with Crippen molar-refractivity contribution in [1.29, 1.82) is 0 Å². The summed E-state index contributed by atoms with van der Waals surface area (Å²) in [5.74, 6) is 0.00208. The quantitative estimate of drug-likeness (QED) is 0.652. The third kappa shape index (κ3) is 2.21. The Balaban J connectivity index is 1.56. The molecule has 7 aliphatic rings. The van der Waals surface area contributed by atoms with Gasteiger partial charge in [-0.1, -0.05) is 13.0 Å². The zero-order chi connectivity index (χ0) is 21.9. The van der Waals surface area contributed by atoms with Crippen LogP contribution in [-0.4, -0.2) is 78.2 Å². The Morgan fingerprint density at radius 3 is 2.81 bits per heavy atom. The van der Waals surface area contributed by atoms with Gasteiger partial charge >= 0.3 is 0 Å². The van der Waals surface area contributed by atoms with Gasteiger partial charge in [-0.3, -0.25) is 0 Å². The van der Waals surface area contributed by atoms with Gasteiger partial charge in [0.05, 0.1) is 24.4 Å². The minimum absolute atomic E-state index is 0.0777. The van der Waals surface area contributed by atoms with E-state index in [0.717, 1.165) is 57.2 Å². The first-order chi connectivity index (χ1) is 14.7. The molecule has 6 fully saturated rings. The molecular formula is C25H39NO5. The van der Waals surface area contributed by atoms with Crippen molar-refractivity contribution in [3.63, 3.8) is 0 Å².